The number of hydrogen-bond donors (Lipinski definition) is 0. The van der Waals surface area contributed by atoms with Gasteiger partial charge in [0.15, 0.2) is 8.32 Å². The molecule has 0 radical (unpaired) electrons. The van der Waals surface area contributed by atoms with Gasteiger partial charge in [0.2, 0.25) is 9.84 Å². The SMILES string of the molecule is CN(C)[C@@H]1C[C@H](O[Si](C)(C)C(C)(C)C)C=C1S(=O)(=O)c1ccccc1. The average Bonchev–Trinajstić information content (AvgIpc) is 2.91. The minimum Gasteiger partial charge on any atom is -0.410 e. The molecule has 0 aliphatic heterocycles. The van der Waals surface area contributed by atoms with Gasteiger partial charge in [-0.1, -0.05) is 39.0 Å². The lowest BCUT2D eigenvalue weighted by molar-refractivity contribution is 0.195. The highest BCUT2D eigenvalue weighted by Gasteiger charge is 2.43. The number of nitrogens with zero attached hydrogens (tertiary/aromatic N) is 1. The number of sulfone groups is 1. The Bertz CT molecular complexity index is 734. The van der Waals surface area contributed by atoms with Crippen LogP contribution in [-0.2, 0) is 14.3 Å². The van der Waals surface area contributed by atoms with E-state index in [4.69, 9.17) is 4.43 Å². The maximum Gasteiger partial charge on any atom is 0.204 e. The van der Waals surface area contributed by atoms with Gasteiger partial charge in [-0.3, -0.25) is 0 Å². The predicted octanol–water partition coefficient (Wildman–Crippen LogP) is 4.07. The molecule has 4 nitrogen and oxygen atoms in total. The van der Waals surface area contributed by atoms with Crippen LogP contribution in [0.1, 0.15) is 27.2 Å². The van der Waals surface area contributed by atoms with Gasteiger partial charge in [0, 0.05) is 6.04 Å². The summed E-state index contributed by atoms with van der Waals surface area (Å²) in [6, 6.07) is 8.51. The summed E-state index contributed by atoms with van der Waals surface area (Å²) in [5.41, 5.74) is 0. The Morgan fingerprint density at radius 3 is 2.16 bits per heavy atom. The van der Waals surface area contributed by atoms with Gasteiger partial charge in [0.25, 0.3) is 0 Å². The van der Waals surface area contributed by atoms with Crippen LogP contribution in [0.15, 0.2) is 46.2 Å². The molecule has 0 fully saturated rings. The molecule has 6 heteroatoms. The molecule has 0 N–H and O–H groups in total. The van der Waals surface area contributed by atoms with E-state index in [0.29, 0.717) is 16.2 Å². The number of likely N-dealkylation sites (N-methyl/N-ethyl adjacent to an activating group) is 1. The molecule has 1 aliphatic carbocycles. The van der Waals surface area contributed by atoms with Gasteiger partial charge < -0.3 is 9.33 Å². The summed E-state index contributed by atoms with van der Waals surface area (Å²) in [7, 11) is -1.61. The fourth-order valence-electron chi connectivity index (χ4n) is 2.81. The van der Waals surface area contributed by atoms with Gasteiger partial charge in [-0.25, -0.2) is 8.42 Å². The molecule has 0 bridgehead atoms. The summed E-state index contributed by atoms with van der Waals surface area (Å²) in [5.74, 6) is 0. The molecule has 0 heterocycles. The van der Waals surface area contributed by atoms with Crippen LogP contribution in [0.25, 0.3) is 0 Å². The maximum absolute atomic E-state index is 13.1. The van der Waals surface area contributed by atoms with Crippen LogP contribution in [0.3, 0.4) is 0 Å². The Morgan fingerprint density at radius 1 is 1.12 bits per heavy atom. The zero-order valence-corrected chi connectivity index (χ0v) is 18.2. The Balaban J connectivity index is 2.38. The molecule has 25 heavy (non-hydrogen) atoms. The molecule has 0 spiro atoms. The van der Waals surface area contributed by atoms with Gasteiger partial charge in [0.1, 0.15) is 0 Å². The summed E-state index contributed by atoms with van der Waals surface area (Å²) in [4.78, 5) is 2.79. The topological polar surface area (TPSA) is 46.6 Å². The summed E-state index contributed by atoms with van der Waals surface area (Å²) in [6.07, 6.45) is 2.37. The molecule has 0 saturated carbocycles. The van der Waals surface area contributed by atoms with E-state index in [9.17, 15) is 8.42 Å². The normalized spacial score (nSPS) is 22.3. The first-order valence-electron chi connectivity index (χ1n) is 8.72. The zero-order valence-electron chi connectivity index (χ0n) is 16.4. The smallest absolute Gasteiger partial charge is 0.204 e. The van der Waals surface area contributed by atoms with Crippen molar-refractivity contribution in [3.05, 3.63) is 41.3 Å². The van der Waals surface area contributed by atoms with Crippen molar-refractivity contribution in [3.8, 4) is 0 Å². The predicted molar refractivity (Wildman–Crippen MR) is 106 cm³/mol. The quantitative estimate of drug-likeness (QED) is 0.721. The Morgan fingerprint density at radius 2 is 1.68 bits per heavy atom. The molecular formula is C19H31NO3SSi. The summed E-state index contributed by atoms with van der Waals surface area (Å²) in [5, 5.41) is 0.0928. The van der Waals surface area contributed by atoms with Crippen LogP contribution >= 0.6 is 0 Å². The van der Waals surface area contributed by atoms with Gasteiger partial charge in [-0.05, 0) is 56.9 Å². The lowest BCUT2D eigenvalue weighted by atomic mass is 10.2. The molecule has 2 rings (SSSR count). The second-order valence-electron chi connectivity index (χ2n) is 8.52. The number of hydrogen-bond acceptors (Lipinski definition) is 4. The molecule has 2 atom stereocenters. The molecule has 0 unspecified atom stereocenters. The molecule has 1 aromatic rings. The van der Waals surface area contributed by atoms with Crippen molar-refractivity contribution >= 4 is 18.2 Å². The van der Waals surface area contributed by atoms with Crippen LogP contribution in [0, 0.1) is 0 Å². The van der Waals surface area contributed by atoms with Crippen LogP contribution in [0.2, 0.25) is 18.1 Å². The van der Waals surface area contributed by atoms with Crippen LogP contribution in [-0.4, -0.2) is 47.9 Å². The van der Waals surface area contributed by atoms with Crippen molar-refractivity contribution in [2.24, 2.45) is 0 Å². The van der Waals surface area contributed by atoms with E-state index in [1.54, 1.807) is 24.3 Å². The second-order valence-corrected chi connectivity index (χ2v) is 15.2. The Kier molecular flexibility index (Phi) is 5.69. The number of benzene rings is 1. The first kappa shape index (κ1) is 20.4. The fraction of sp³-hybridized carbons (Fsp3) is 0.579. The molecular weight excluding hydrogens is 350 g/mol. The number of rotatable bonds is 5. The van der Waals surface area contributed by atoms with Gasteiger partial charge in [-0.2, -0.15) is 0 Å². The highest BCUT2D eigenvalue weighted by atomic mass is 32.2. The van der Waals surface area contributed by atoms with Crippen molar-refractivity contribution < 1.29 is 12.8 Å². The van der Waals surface area contributed by atoms with E-state index in [-0.39, 0.29) is 17.2 Å². The monoisotopic (exact) mass is 381 g/mol. The van der Waals surface area contributed by atoms with Crippen molar-refractivity contribution in [1.82, 2.24) is 4.90 Å². The first-order chi connectivity index (χ1) is 11.4. The maximum atomic E-state index is 13.1. The van der Waals surface area contributed by atoms with E-state index in [1.807, 2.05) is 31.1 Å². The van der Waals surface area contributed by atoms with Gasteiger partial charge in [-0.15, -0.1) is 0 Å². The Labute approximate surface area is 153 Å². The van der Waals surface area contributed by atoms with Gasteiger partial charge >= 0.3 is 0 Å². The van der Waals surface area contributed by atoms with Gasteiger partial charge in [0.05, 0.1) is 15.9 Å². The zero-order chi connectivity index (χ0) is 19.0. The molecule has 0 saturated heterocycles. The third kappa shape index (κ3) is 4.24. The highest BCUT2D eigenvalue weighted by molar-refractivity contribution is 7.95. The van der Waals surface area contributed by atoms with Crippen molar-refractivity contribution in [2.75, 3.05) is 14.1 Å². The highest BCUT2D eigenvalue weighted by Crippen LogP contribution is 2.40. The molecule has 0 aromatic heterocycles. The standard InChI is InChI=1S/C19H31NO3SSi/c1-19(2,3)25(6,7)23-15-13-17(20(4)5)18(14-15)24(21,22)16-11-9-8-10-12-16/h8-12,14-15,17H,13H2,1-7H3/t15-,17+/m0/s1. The van der Waals surface area contributed by atoms with E-state index >= 15 is 0 Å². The lowest BCUT2D eigenvalue weighted by Crippen LogP contribution is -2.43. The van der Waals surface area contributed by atoms with Crippen molar-refractivity contribution in [1.29, 1.82) is 0 Å². The van der Waals surface area contributed by atoms with Crippen LogP contribution in [0.4, 0.5) is 0 Å². The third-order valence-electron chi connectivity index (χ3n) is 5.37. The van der Waals surface area contributed by atoms with Crippen LogP contribution in [0.5, 0.6) is 0 Å². The summed E-state index contributed by atoms with van der Waals surface area (Å²) < 4.78 is 32.7. The largest absolute Gasteiger partial charge is 0.410 e. The van der Waals surface area contributed by atoms with E-state index in [2.05, 4.69) is 33.9 Å². The second kappa shape index (κ2) is 6.99. The summed E-state index contributed by atoms with van der Waals surface area (Å²) >= 11 is 0. The third-order valence-corrected chi connectivity index (χ3v) is 11.8. The minimum atomic E-state index is -3.50. The molecule has 0 amide bonds. The average molecular weight is 382 g/mol. The first-order valence-corrected chi connectivity index (χ1v) is 13.1. The van der Waals surface area contributed by atoms with E-state index < -0.39 is 18.2 Å². The van der Waals surface area contributed by atoms with Crippen molar-refractivity contribution in [3.63, 3.8) is 0 Å². The lowest BCUT2D eigenvalue weighted by Gasteiger charge is -2.38. The summed E-state index contributed by atoms with van der Waals surface area (Å²) in [6.45, 7) is 11.0. The molecule has 140 valence electrons. The van der Waals surface area contributed by atoms with E-state index in [0.717, 1.165) is 0 Å². The minimum absolute atomic E-state index is 0.0928. The fourth-order valence-corrected chi connectivity index (χ4v) is 5.86. The van der Waals surface area contributed by atoms with Crippen LogP contribution < -0.4 is 0 Å². The molecule has 1 aliphatic rings. The molecule has 1 aromatic carbocycles. The van der Waals surface area contributed by atoms with Crippen molar-refractivity contribution in [2.45, 2.75) is 62.4 Å². The Hall–Kier alpha value is -0.953. The van der Waals surface area contributed by atoms with E-state index in [1.165, 1.54) is 0 Å².